The molecule has 0 aromatic heterocycles. The molecule has 4 heteroatoms. The van der Waals surface area contributed by atoms with Crippen molar-refractivity contribution in [3.8, 4) is 35.1 Å². The number of benzene rings is 4. The van der Waals surface area contributed by atoms with Crippen LogP contribution in [0.4, 0.5) is 0 Å². The zero-order valence-electron chi connectivity index (χ0n) is 19.5. The second-order valence-corrected chi connectivity index (χ2v) is 7.11. The lowest BCUT2D eigenvalue weighted by Gasteiger charge is -2.04. The van der Waals surface area contributed by atoms with Crippen LogP contribution in [0.5, 0.6) is 11.5 Å². The Balaban J connectivity index is 0.000000531. The van der Waals surface area contributed by atoms with Crippen molar-refractivity contribution in [3.63, 3.8) is 0 Å². The fourth-order valence-corrected chi connectivity index (χ4v) is 2.95. The minimum atomic E-state index is 0. The Morgan fingerprint density at radius 1 is 0.500 bits per heavy atom. The molecule has 4 aromatic rings. The molecule has 4 rings (SSSR count). The van der Waals surface area contributed by atoms with Crippen LogP contribution in [-0.4, -0.2) is 0 Å². The molecule has 0 radical (unpaired) electrons. The number of rotatable bonds is 5. The molecule has 0 bridgehead atoms. The SMILES string of the molecule is C.C.CCc1ccc(-c2ccc(CC)cc2)cc1.N#COc1ccccc1.N#COc1ccccc1. The highest BCUT2D eigenvalue weighted by molar-refractivity contribution is 5.63. The zero-order valence-corrected chi connectivity index (χ0v) is 19.5. The number of hydrogen-bond donors (Lipinski definition) is 0. The molecule has 0 spiro atoms. The van der Waals surface area contributed by atoms with Crippen LogP contribution in [0.2, 0.25) is 0 Å². The fraction of sp³-hybridized carbons (Fsp3) is 0.188. The maximum Gasteiger partial charge on any atom is 0.292 e. The molecule has 0 unspecified atom stereocenters. The Morgan fingerprint density at radius 2 is 0.806 bits per heavy atom. The molecular weight excluding hydrogens is 444 g/mol. The van der Waals surface area contributed by atoms with Gasteiger partial charge in [0, 0.05) is 0 Å². The Hall–Kier alpha value is -4.54. The summed E-state index contributed by atoms with van der Waals surface area (Å²) in [6.07, 6.45) is 5.38. The molecule has 0 heterocycles. The third-order valence-electron chi connectivity index (χ3n) is 4.87. The maximum atomic E-state index is 8.05. The van der Waals surface area contributed by atoms with Crippen LogP contribution < -0.4 is 9.47 Å². The number of nitrogens with zero attached hydrogens (tertiary/aromatic N) is 2. The summed E-state index contributed by atoms with van der Waals surface area (Å²) < 4.78 is 9.02. The molecular formula is C32H36N2O2. The first-order chi connectivity index (χ1) is 16.7. The summed E-state index contributed by atoms with van der Waals surface area (Å²) in [4.78, 5) is 0. The number of nitriles is 2. The lowest BCUT2D eigenvalue weighted by Crippen LogP contribution is -1.83. The third-order valence-corrected chi connectivity index (χ3v) is 4.87. The van der Waals surface area contributed by atoms with Gasteiger partial charge in [0.25, 0.3) is 12.5 Å². The minimum absolute atomic E-state index is 0. The predicted octanol–water partition coefficient (Wildman–Crippen LogP) is 8.84. The van der Waals surface area contributed by atoms with Crippen LogP contribution in [0.25, 0.3) is 11.1 Å². The van der Waals surface area contributed by atoms with Gasteiger partial charge in [-0.2, -0.15) is 0 Å². The number of hydrogen-bond acceptors (Lipinski definition) is 4. The first-order valence-corrected chi connectivity index (χ1v) is 11.1. The van der Waals surface area contributed by atoms with Gasteiger partial charge < -0.3 is 9.47 Å². The quantitative estimate of drug-likeness (QED) is 0.268. The first-order valence-electron chi connectivity index (χ1n) is 11.1. The molecule has 0 N–H and O–H groups in total. The molecule has 0 fully saturated rings. The molecule has 0 amide bonds. The van der Waals surface area contributed by atoms with Crippen LogP contribution >= 0.6 is 0 Å². The van der Waals surface area contributed by atoms with Gasteiger partial charge >= 0.3 is 0 Å². The van der Waals surface area contributed by atoms with Gasteiger partial charge in [-0.25, -0.2) is 0 Å². The first kappa shape index (κ1) is 31.5. The van der Waals surface area contributed by atoms with Crippen LogP contribution in [-0.2, 0) is 12.8 Å². The summed E-state index contributed by atoms with van der Waals surface area (Å²) in [5.74, 6) is 1.17. The summed E-state index contributed by atoms with van der Waals surface area (Å²) in [6, 6.07) is 35.6. The lowest BCUT2D eigenvalue weighted by atomic mass is 10.0. The van der Waals surface area contributed by atoms with Crippen molar-refractivity contribution in [2.24, 2.45) is 0 Å². The smallest absolute Gasteiger partial charge is 0.292 e. The maximum absolute atomic E-state index is 8.05. The Labute approximate surface area is 217 Å². The van der Waals surface area contributed by atoms with E-state index in [1.165, 1.54) is 22.3 Å². The van der Waals surface area contributed by atoms with Gasteiger partial charge in [0.15, 0.2) is 0 Å². The average molecular weight is 481 g/mol. The van der Waals surface area contributed by atoms with E-state index in [9.17, 15) is 0 Å². The normalized spacial score (nSPS) is 8.56. The van der Waals surface area contributed by atoms with Gasteiger partial charge in [0.2, 0.25) is 0 Å². The topological polar surface area (TPSA) is 66.0 Å². The van der Waals surface area contributed by atoms with Crippen LogP contribution in [0, 0.1) is 23.0 Å². The van der Waals surface area contributed by atoms with Crippen molar-refractivity contribution < 1.29 is 9.47 Å². The van der Waals surface area contributed by atoms with E-state index in [1.807, 2.05) is 36.4 Å². The van der Waals surface area contributed by atoms with Crippen molar-refractivity contribution in [2.75, 3.05) is 0 Å². The molecule has 0 aliphatic heterocycles. The highest BCUT2D eigenvalue weighted by atomic mass is 16.5. The summed E-state index contributed by atoms with van der Waals surface area (Å²) >= 11 is 0. The average Bonchev–Trinajstić information content (AvgIpc) is 2.91. The summed E-state index contributed by atoms with van der Waals surface area (Å²) in [7, 11) is 0. The van der Waals surface area contributed by atoms with Crippen LogP contribution in [0.3, 0.4) is 0 Å². The number of para-hydroxylation sites is 2. The van der Waals surface area contributed by atoms with E-state index < -0.39 is 0 Å². The minimum Gasteiger partial charge on any atom is -0.388 e. The van der Waals surface area contributed by atoms with Crippen molar-refractivity contribution in [3.05, 3.63) is 120 Å². The summed E-state index contributed by atoms with van der Waals surface area (Å²) in [5, 5.41) is 16.1. The van der Waals surface area contributed by atoms with E-state index in [2.05, 4.69) is 71.9 Å². The van der Waals surface area contributed by atoms with E-state index >= 15 is 0 Å². The Kier molecular flexibility index (Phi) is 16.5. The molecule has 4 aromatic carbocycles. The molecule has 4 nitrogen and oxygen atoms in total. The molecule has 0 saturated carbocycles. The van der Waals surface area contributed by atoms with Gasteiger partial charge in [-0.15, -0.1) is 10.5 Å². The highest BCUT2D eigenvalue weighted by Gasteiger charge is 1.97. The monoisotopic (exact) mass is 480 g/mol. The number of aryl methyl sites for hydroxylation is 2. The van der Waals surface area contributed by atoms with Gasteiger partial charge in [-0.3, -0.25) is 0 Å². The van der Waals surface area contributed by atoms with E-state index in [0.717, 1.165) is 12.8 Å². The third kappa shape index (κ3) is 11.5. The molecule has 0 aliphatic carbocycles. The summed E-state index contributed by atoms with van der Waals surface area (Å²) in [5.41, 5.74) is 5.41. The second kappa shape index (κ2) is 18.8. The van der Waals surface area contributed by atoms with Gasteiger partial charge in [-0.1, -0.05) is 114 Å². The van der Waals surface area contributed by atoms with E-state index in [0.29, 0.717) is 11.5 Å². The van der Waals surface area contributed by atoms with E-state index in [4.69, 9.17) is 10.5 Å². The van der Waals surface area contributed by atoms with Crippen molar-refractivity contribution >= 4 is 0 Å². The zero-order chi connectivity index (χ0) is 24.4. The van der Waals surface area contributed by atoms with Crippen molar-refractivity contribution in [1.29, 1.82) is 10.5 Å². The largest absolute Gasteiger partial charge is 0.388 e. The van der Waals surface area contributed by atoms with Crippen LogP contribution in [0.15, 0.2) is 109 Å². The molecule has 36 heavy (non-hydrogen) atoms. The van der Waals surface area contributed by atoms with E-state index in [-0.39, 0.29) is 14.9 Å². The molecule has 0 atom stereocenters. The number of ether oxygens (including phenoxy) is 2. The molecule has 186 valence electrons. The fourth-order valence-electron chi connectivity index (χ4n) is 2.95. The Bertz CT molecular complexity index is 1060. The Morgan fingerprint density at radius 3 is 1.06 bits per heavy atom. The van der Waals surface area contributed by atoms with Gasteiger partial charge in [0.1, 0.15) is 11.5 Å². The molecule has 0 saturated heterocycles. The lowest BCUT2D eigenvalue weighted by molar-refractivity contribution is 0.507. The van der Waals surface area contributed by atoms with Crippen LogP contribution in [0.1, 0.15) is 39.8 Å². The summed E-state index contributed by atoms with van der Waals surface area (Å²) in [6.45, 7) is 4.37. The van der Waals surface area contributed by atoms with Crippen molar-refractivity contribution in [2.45, 2.75) is 41.5 Å². The predicted molar refractivity (Wildman–Crippen MR) is 149 cm³/mol. The highest BCUT2D eigenvalue weighted by Crippen LogP contribution is 2.20. The van der Waals surface area contributed by atoms with Gasteiger partial charge in [-0.05, 0) is 59.4 Å². The second-order valence-electron chi connectivity index (χ2n) is 7.11. The standard InChI is InChI=1S/C16H18.2C7H5NO.2CH4/c1-3-13-5-9-15(10-6-13)16-11-7-14(4-2)8-12-16;2*8-6-9-7-4-2-1-3-5-7;;/h5-12H,3-4H2,1-2H3;2*1-5H;2*1H4. The van der Waals surface area contributed by atoms with Gasteiger partial charge in [0.05, 0.1) is 0 Å². The van der Waals surface area contributed by atoms with E-state index in [1.54, 1.807) is 36.8 Å². The molecule has 0 aliphatic rings. The van der Waals surface area contributed by atoms with Crippen molar-refractivity contribution in [1.82, 2.24) is 0 Å².